The molecule has 0 saturated carbocycles. The van der Waals surface area contributed by atoms with Crippen LogP contribution in [-0.4, -0.2) is 51.4 Å². The summed E-state index contributed by atoms with van der Waals surface area (Å²) in [5.74, 6) is -0.461. The molecule has 0 unspecified atom stereocenters. The molecule has 1 amide bonds. The van der Waals surface area contributed by atoms with E-state index in [1.807, 2.05) is 20.8 Å². The Balaban J connectivity index is 2.58. The minimum Gasteiger partial charge on any atom is -0.481 e. The SMILES string of the molecule is CN(C)C(=O)c1ccc(-n2oc(C(C)(C)C)c(CSCCC(=O)O)c2=O)c([N+](=O)[O-])c1. The lowest BCUT2D eigenvalue weighted by molar-refractivity contribution is -0.384. The van der Waals surface area contributed by atoms with Crippen LogP contribution in [-0.2, 0) is 16.0 Å². The van der Waals surface area contributed by atoms with Crippen molar-refractivity contribution in [2.24, 2.45) is 0 Å². The first kappa shape index (κ1) is 24.2. The van der Waals surface area contributed by atoms with Crippen LogP contribution < -0.4 is 5.56 Å². The van der Waals surface area contributed by atoms with E-state index in [0.717, 1.165) is 10.8 Å². The molecule has 11 heteroatoms. The smallest absolute Gasteiger partial charge is 0.304 e. The molecule has 0 atom stereocenters. The highest BCUT2D eigenvalue weighted by molar-refractivity contribution is 7.98. The second kappa shape index (κ2) is 9.38. The monoisotopic (exact) mass is 451 g/mol. The second-order valence-electron chi connectivity index (χ2n) is 8.11. The van der Waals surface area contributed by atoms with Crippen molar-refractivity contribution < 1.29 is 24.1 Å². The first-order chi connectivity index (χ1) is 14.3. The zero-order chi connectivity index (χ0) is 23.5. The first-order valence-corrected chi connectivity index (χ1v) is 10.6. The van der Waals surface area contributed by atoms with Gasteiger partial charge in [-0.15, -0.1) is 4.74 Å². The van der Waals surface area contributed by atoms with Gasteiger partial charge in [0.1, 0.15) is 5.76 Å². The van der Waals surface area contributed by atoms with Crippen molar-refractivity contribution in [1.82, 2.24) is 9.64 Å². The van der Waals surface area contributed by atoms with Gasteiger partial charge in [-0.2, -0.15) is 11.8 Å². The van der Waals surface area contributed by atoms with Crippen LogP contribution in [0, 0.1) is 10.1 Å². The molecule has 0 saturated heterocycles. The molecule has 0 bridgehead atoms. The van der Waals surface area contributed by atoms with E-state index in [9.17, 15) is 24.5 Å². The molecule has 1 aromatic heterocycles. The number of carboxylic acids is 1. The van der Waals surface area contributed by atoms with Gasteiger partial charge in [0.15, 0.2) is 5.69 Å². The maximum absolute atomic E-state index is 13.1. The average molecular weight is 452 g/mol. The molecule has 1 aromatic carbocycles. The molecule has 1 N–H and O–H groups in total. The van der Waals surface area contributed by atoms with E-state index in [2.05, 4.69) is 0 Å². The average Bonchev–Trinajstić information content (AvgIpc) is 3.00. The Labute approximate surface area is 182 Å². The quantitative estimate of drug-likeness (QED) is 0.367. The number of amides is 1. The number of hydrogen-bond donors (Lipinski definition) is 1. The van der Waals surface area contributed by atoms with Crippen LogP contribution in [0.3, 0.4) is 0 Å². The normalized spacial score (nSPS) is 11.4. The molecule has 0 aliphatic heterocycles. The summed E-state index contributed by atoms with van der Waals surface area (Å²) in [6, 6.07) is 3.83. The standard InChI is InChI=1S/C20H25N3O7S/c1-20(2,3)17-13(11-31-9-8-16(24)25)19(27)22(30-17)14-7-6-12(18(26)21(4)5)10-15(14)23(28)29/h6-7,10H,8-9,11H2,1-5H3,(H,24,25). The van der Waals surface area contributed by atoms with E-state index in [0.29, 0.717) is 17.1 Å². The number of thioether (sulfide) groups is 1. The first-order valence-electron chi connectivity index (χ1n) is 9.40. The van der Waals surface area contributed by atoms with Crippen molar-refractivity contribution in [3.8, 4) is 5.69 Å². The third-order valence-corrected chi connectivity index (χ3v) is 5.32. The third kappa shape index (κ3) is 5.54. The molecule has 31 heavy (non-hydrogen) atoms. The van der Waals surface area contributed by atoms with Crippen LogP contribution in [0.15, 0.2) is 27.5 Å². The lowest BCUT2D eigenvalue weighted by Crippen LogP contribution is -2.22. The van der Waals surface area contributed by atoms with Gasteiger partial charge < -0.3 is 14.5 Å². The number of carbonyl (C=O) groups excluding carboxylic acids is 1. The summed E-state index contributed by atoms with van der Waals surface area (Å²) in [4.78, 5) is 48.3. The summed E-state index contributed by atoms with van der Waals surface area (Å²) in [5, 5.41) is 20.5. The number of aromatic nitrogens is 1. The van der Waals surface area contributed by atoms with E-state index in [-0.39, 0.29) is 23.4 Å². The molecular weight excluding hydrogens is 426 g/mol. The Hall–Kier alpha value is -3.08. The molecule has 0 aliphatic carbocycles. The van der Waals surface area contributed by atoms with Gasteiger partial charge in [-0.3, -0.25) is 24.5 Å². The van der Waals surface area contributed by atoms with Crippen LogP contribution in [0.2, 0.25) is 0 Å². The van der Waals surface area contributed by atoms with Gasteiger partial charge >= 0.3 is 5.97 Å². The highest BCUT2D eigenvalue weighted by atomic mass is 32.2. The van der Waals surface area contributed by atoms with Crippen LogP contribution >= 0.6 is 11.8 Å². The molecule has 1 heterocycles. The minimum absolute atomic E-state index is 0.0472. The Morgan fingerprint density at radius 3 is 2.45 bits per heavy atom. The van der Waals surface area contributed by atoms with Crippen molar-refractivity contribution in [1.29, 1.82) is 0 Å². The summed E-state index contributed by atoms with van der Waals surface area (Å²) in [6.07, 6.45) is -0.0472. The summed E-state index contributed by atoms with van der Waals surface area (Å²) in [7, 11) is 3.06. The summed E-state index contributed by atoms with van der Waals surface area (Å²) in [5.41, 5.74) is -1.21. The number of nitrogens with zero attached hydrogens (tertiary/aromatic N) is 3. The fourth-order valence-electron chi connectivity index (χ4n) is 2.85. The summed E-state index contributed by atoms with van der Waals surface area (Å²) >= 11 is 1.27. The largest absolute Gasteiger partial charge is 0.481 e. The molecule has 0 radical (unpaired) electrons. The van der Waals surface area contributed by atoms with E-state index >= 15 is 0 Å². The van der Waals surface area contributed by atoms with Gasteiger partial charge in [0.05, 0.1) is 16.9 Å². The number of hydrogen-bond acceptors (Lipinski definition) is 7. The molecular formula is C20H25N3O7S. The minimum atomic E-state index is -0.934. The van der Waals surface area contributed by atoms with Gasteiger partial charge in [0.2, 0.25) is 0 Å². The van der Waals surface area contributed by atoms with Crippen LogP contribution in [0.1, 0.15) is 48.9 Å². The van der Waals surface area contributed by atoms with Gasteiger partial charge in [0, 0.05) is 42.6 Å². The Bertz CT molecular complexity index is 1060. The second-order valence-corrected chi connectivity index (χ2v) is 9.21. The highest BCUT2D eigenvalue weighted by Crippen LogP contribution is 2.31. The van der Waals surface area contributed by atoms with Crippen molar-refractivity contribution in [2.45, 2.75) is 38.4 Å². The molecule has 2 aromatic rings. The molecule has 2 rings (SSSR count). The maximum atomic E-state index is 13.1. The number of nitro benzene ring substituents is 1. The fourth-order valence-corrected chi connectivity index (χ4v) is 3.77. The van der Waals surface area contributed by atoms with E-state index < -0.39 is 33.5 Å². The Kier molecular flexibility index (Phi) is 7.32. The summed E-state index contributed by atoms with van der Waals surface area (Å²) < 4.78 is 6.66. The number of carbonyl (C=O) groups is 2. The number of aliphatic carboxylic acids is 1. The predicted octanol–water partition coefficient (Wildman–Crippen LogP) is 3.05. The van der Waals surface area contributed by atoms with Crippen LogP contribution in [0.4, 0.5) is 5.69 Å². The van der Waals surface area contributed by atoms with Gasteiger partial charge in [-0.05, 0) is 12.1 Å². The van der Waals surface area contributed by atoms with Crippen molar-refractivity contribution in [2.75, 3.05) is 19.8 Å². The van der Waals surface area contributed by atoms with Gasteiger partial charge in [0.25, 0.3) is 17.2 Å². The molecule has 0 fully saturated rings. The van der Waals surface area contributed by atoms with Gasteiger partial charge in [-0.25, -0.2) is 0 Å². The Morgan fingerprint density at radius 1 is 1.29 bits per heavy atom. The van der Waals surface area contributed by atoms with Crippen molar-refractivity contribution in [3.05, 3.63) is 55.6 Å². The zero-order valence-corrected chi connectivity index (χ0v) is 18.8. The topological polar surface area (TPSA) is 136 Å². The van der Waals surface area contributed by atoms with Gasteiger partial charge in [-0.1, -0.05) is 20.8 Å². The predicted molar refractivity (Wildman–Crippen MR) is 116 cm³/mol. The molecule has 10 nitrogen and oxygen atoms in total. The fraction of sp³-hybridized carbons (Fsp3) is 0.450. The number of carboxylic acid groups (broad SMARTS) is 1. The van der Waals surface area contributed by atoms with E-state index in [4.69, 9.17) is 9.63 Å². The third-order valence-electron chi connectivity index (χ3n) is 4.33. The van der Waals surface area contributed by atoms with E-state index in [1.165, 1.54) is 42.9 Å². The molecule has 0 aliphatic rings. The zero-order valence-electron chi connectivity index (χ0n) is 18.0. The molecule has 168 valence electrons. The number of nitro groups is 1. The molecule has 0 spiro atoms. The van der Waals surface area contributed by atoms with E-state index in [1.54, 1.807) is 0 Å². The van der Waals surface area contributed by atoms with Crippen molar-refractivity contribution in [3.63, 3.8) is 0 Å². The number of rotatable bonds is 8. The van der Waals surface area contributed by atoms with Crippen LogP contribution in [0.25, 0.3) is 5.69 Å². The lowest BCUT2D eigenvalue weighted by atomic mass is 9.91. The number of benzene rings is 1. The highest BCUT2D eigenvalue weighted by Gasteiger charge is 2.30. The maximum Gasteiger partial charge on any atom is 0.304 e. The van der Waals surface area contributed by atoms with Crippen LogP contribution in [0.5, 0.6) is 0 Å². The lowest BCUT2D eigenvalue weighted by Gasteiger charge is -2.15. The Morgan fingerprint density at radius 2 is 1.94 bits per heavy atom. The van der Waals surface area contributed by atoms with Crippen molar-refractivity contribution >= 4 is 29.3 Å². The summed E-state index contributed by atoms with van der Waals surface area (Å²) in [6.45, 7) is 5.52.